The molecule has 0 fully saturated rings. The molecular weight excluding hydrogens is 516 g/mol. The van der Waals surface area contributed by atoms with Crippen LogP contribution in [-0.4, -0.2) is 33.3 Å². The Hall–Kier alpha value is -3.88. The molecule has 196 valence electrons. The Morgan fingerprint density at radius 2 is 1.61 bits per heavy atom. The van der Waals surface area contributed by atoms with E-state index >= 15 is 0 Å². The first-order valence-electron chi connectivity index (χ1n) is 12.1. The number of benzene rings is 3. The second kappa shape index (κ2) is 12.1. The van der Waals surface area contributed by atoms with Crippen molar-refractivity contribution in [3.8, 4) is 38.6 Å². The summed E-state index contributed by atoms with van der Waals surface area (Å²) >= 11 is 1.82. The molecule has 0 amide bonds. The fraction of sp³-hybridized carbons (Fsp3) is 0.167. The van der Waals surface area contributed by atoms with Crippen LogP contribution in [0.25, 0.3) is 32.9 Å². The van der Waals surface area contributed by atoms with Crippen LogP contribution in [0.5, 0.6) is 5.75 Å². The van der Waals surface area contributed by atoms with Crippen LogP contribution in [0.15, 0.2) is 101 Å². The van der Waals surface area contributed by atoms with Crippen molar-refractivity contribution >= 4 is 26.9 Å². The molecule has 0 atom stereocenters. The molecule has 2 heterocycles. The number of methoxy groups -OCH3 is 1. The first-order chi connectivity index (χ1) is 18.3. The summed E-state index contributed by atoms with van der Waals surface area (Å²) in [5.74, 6) is 1.52. The van der Waals surface area contributed by atoms with Gasteiger partial charge < -0.3 is 14.5 Å². The minimum atomic E-state index is -3.15. The molecule has 5 aromatic rings. The fourth-order valence-electron chi connectivity index (χ4n) is 3.89. The van der Waals surface area contributed by atoms with Crippen LogP contribution in [0.2, 0.25) is 0 Å². The SMILES string of the molecule is CCS(=O)(=O)c1ccc(OC)c(NC)c1.Cc1ccc(-c2cccc(-c3cccc(-c4cnco4)c3)c2)s1. The molecule has 1 N–H and O–H groups in total. The number of oxazole rings is 1. The van der Waals surface area contributed by atoms with Gasteiger partial charge in [0.05, 0.1) is 29.6 Å². The maximum absolute atomic E-state index is 11.6. The average Bonchev–Trinajstić information content (AvgIpc) is 3.65. The lowest BCUT2D eigenvalue weighted by Crippen LogP contribution is -2.04. The van der Waals surface area contributed by atoms with Gasteiger partial charge in [-0.25, -0.2) is 13.4 Å². The number of anilines is 1. The van der Waals surface area contributed by atoms with Crippen molar-refractivity contribution in [1.29, 1.82) is 0 Å². The van der Waals surface area contributed by atoms with Gasteiger partial charge in [-0.1, -0.05) is 43.3 Å². The van der Waals surface area contributed by atoms with Gasteiger partial charge in [0.25, 0.3) is 0 Å². The Morgan fingerprint density at radius 1 is 0.921 bits per heavy atom. The van der Waals surface area contributed by atoms with Crippen molar-refractivity contribution in [1.82, 2.24) is 4.98 Å². The third-order valence-electron chi connectivity index (χ3n) is 5.98. The first-order valence-corrected chi connectivity index (χ1v) is 14.6. The van der Waals surface area contributed by atoms with Gasteiger partial charge in [0, 0.05) is 22.4 Å². The molecule has 0 aliphatic carbocycles. The minimum absolute atomic E-state index is 0.0997. The van der Waals surface area contributed by atoms with E-state index in [4.69, 9.17) is 9.15 Å². The van der Waals surface area contributed by atoms with E-state index in [2.05, 4.69) is 71.8 Å². The van der Waals surface area contributed by atoms with Gasteiger partial charge in [-0.2, -0.15) is 0 Å². The Morgan fingerprint density at radius 3 is 2.18 bits per heavy atom. The average molecular weight is 547 g/mol. The number of rotatable bonds is 7. The number of ether oxygens (including phenoxy) is 1. The second-order valence-corrected chi connectivity index (χ2v) is 12.0. The number of hydrogen-bond donors (Lipinski definition) is 1. The summed E-state index contributed by atoms with van der Waals surface area (Å²) in [5, 5.41) is 2.89. The van der Waals surface area contributed by atoms with Gasteiger partial charge in [0.15, 0.2) is 22.0 Å². The van der Waals surface area contributed by atoms with Gasteiger partial charge in [0.1, 0.15) is 5.75 Å². The lowest BCUT2D eigenvalue weighted by molar-refractivity contribution is 0.416. The summed E-state index contributed by atoms with van der Waals surface area (Å²) in [4.78, 5) is 6.94. The van der Waals surface area contributed by atoms with Crippen LogP contribution in [0.1, 0.15) is 11.8 Å². The third kappa shape index (κ3) is 6.33. The van der Waals surface area contributed by atoms with E-state index in [-0.39, 0.29) is 5.75 Å². The van der Waals surface area contributed by atoms with Gasteiger partial charge >= 0.3 is 0 Å². The number of thiophene rings is 1. The number of aromatic nitrogens is 1. The highest BCUT2D eigenvalue weighted by molar-refractivity contribution is 7.91. The first kappa shape index (κ1) is 27.2. The molecule has 3 aromatic carbocycles. The van der Waals surface area contributed by atoms with Crippen molar-refractivity contribution in [2.75, 3.05) is 25.2 Å². The molecule has 5 rings (SSSR count). The molecule has 0 aliphatic heterocycles. The quantitative estimate of drug-likeness (QED) is 0.227. The number of nitrogens with zero attached hydrogens (tertiary/aromatic N) is 1. The zero-order chi connectivity index (χ0) is 27.1. The van der Waals surface area contributed by atoms with Crippen LogP contribution in [0, 0.1) is 6.92 Å². The van der Waals surface area contributed by atoms with E-state index in [1.807, 2.05) is 17.4 Å². The minimum Gasteiger partial charge on any atom is -0.495 e. The molecule has 0 unspecified atom stereocenters. The number of nitrogens with one attached hydrogen (secondary N) is 1. The summed E-state index contributed by atoms with van der Waals surface area (Å²) in [6.45, 7) is 3.76. The molecule has 0 saturated heterocycles. The maximum Gasteiger partial charge on any atom is 0.181 e. The van der Waals surface area contributed by atoms with Gasteiger partial charge in [-0.15, -0.1) is 11.3 Å². The summed E-state index contributed by atoms with van der Waals surface area (Å²) in [5.41, 5.74) is 5.35. The lowest BCUT2D eigenvalue weighted by Gasteiger charge is -2.09. The Bertz CT molecular complexity index is 1610. The largest absolute Gasteiger partial charge is 0.495 e. The number of hydrogen-bond acceptors (Lipinski definition) is 7. The molecule has 0 aliphatic rings. The van der Waals surface area contributed by atoms with Crippen molar-refractivity contribution in [2.24, 2.45) is 0 Å². The summed E-state index contributed by atoms with van der Waals surface area (Å²) in [7, 11) is 0.117. The predicted octanol–water partition coefficient (Wildman–Crippen LogP) is 7.58. The zero-order valence-electron chi connectivity index (χ0n) is 21.8. The topological polar surface area (TPSA) is 81.4 Å². The molecular formula is C30H30N2O4S2. The summed E-state index contributed by atoms with van der Waals surface area (Å²) < 4.78 is 33.7. The van der Waals surface area contributed by atoms with Crippen molar-refractivity contribution < 1.29 is 17.6 Å². The number of aryl methyl sites for hydroxylation is 1. The number of sulfone groups is 1. The van der Waals surface area contributed by atoms with Gasteiger partial charge in [0.2, 0.25) is 0 Å². The Kier molecular flexibility index (Phi) is 8.66. The van der Waals surface area contributed by atoms with E-state index in [9.17, 15) is 8.42 Å². The van der Waals surface area contributed by atoms with Crippen molar-refractivity contribution in [3.05, 3.63) is 96.3 Å². The highest BCUT2D eigenvalue weighted by Gasteiger charge is 2.13. The smallest absolute Gasteiger partial charge is 0.181 e. The summed E-state index contributed by atoms with van der Waals surface area (Å²) in [6, 6.07) is 26.1. The van der Waals surface area contributed by atoms with E-state index in [1.165, 1.54) is 32.8 Å². The van der Waals surface area contributed by atoms with Crippen LogP contribution in [0.3, 0.4) is 0 Å². The fourth-order valence-corrected chi connectivity index (χ4v) is 5.66. The summed E-state index contributed by atoms with van der Waals surface area (Å²) in [6.07, 6.45) is 3.20. The van der Waals surface area contributed by atoms with Gasteiger partial charge in [-0.05, 0) is 66.1 Å². The molecule has 2 aromatic heterocycles. The van der Waals surface area contributed by atoms with Crippen LogP contribution >= 0.6 is 11.3 Å². The molecule has 38 heavy (non-hydrogen) atoms. The van der Waals surface area contributed by atoms with Gasteiger partial charge in [-0.3, -0.25) is 0 Å². The molecule has 6 nitrogen and oxygen atoms in total. The zero-order valence-corrected chi connectivity index (χ0v) is 23.4. The molecule has 8 heteroatoms. The van der Waals surface area contributed by atoms with Crippen LogP contribution < -0.4 is 10.1 Å². The molecule has 0 radical (unpaired) electrons. The normalized spacial score (nSPS) is 10.9. The van der Waals surface area contributed by atoms with E-state index in [1.54, 1.807) is 45.5 Å². The third-order valence-corrected chi connectivity index (χ3v) is 8.76. The standard InChI is InChI=1S/C20H15NOS.C10H15NO3S/c1-14-8-9-20(23-14)18-7-3-5-16(11-18)15-4-2-6-17(10-15)19-12-21-13-22-19;1-4-15(12,13)8-5-6-10(14-3)9(7-8)11-2/h2-13H,1H3;5-7,11H,4H2,1-3H3. The maximum atomic E-state index is 11.6. The van der Waals surface area contributed by atoms with Crippen LogP contribution in [0.4, 0.5) is 5.69 Å². The highest BCUT2D eigenvalue weighted by Crippen LogP contribution is 2.32. The monoisotopic (exact) mass is 546 g/mol. The molecule has 0 saturated carbocycles. The van der Waals surface area contributed by atoms with E-state index in [0.717, 1.165) is 11.3 Å². The molecule has 0 bridgehead atoms. The van der Waals surface area contributed by atoms with Crippen LogP contribution in [-0.2, 0) is 9.84 Å². The van der Waals surface area contributed by atoms with E-state index < -0.39 is 9.84 Å². The Balaban J connectivity index is 0.000000196. The van der Waals surface area contributed by atoms with Crippen molar-refractivity contribution in [2.45, 2.75) is 18.7 Å². The van der Waals surface area contributed by atoms with Crippen molar-refractivity contribution in [3.63, 3.8) is 0 Å². The Labute approximate surface area is 227 Å². The predicted molar refractivity (Wildman–Crippen MR) is 156 cm³/mol. The second-order valence-electron chi connectivity index (χ2n) is 8.45. The molecule has 0 spiro atoms. The lowest BCUT2D eigenvalue weighted by atomic mass is 10.00. The van der Waals surface area contributed by atoms with E-state index in [0.29, 0.717) is 16.3 Å². The highest BCUT2D eigenvalue weighted by atomic mass is 32.2.